The Kier molecular flexibility index (Phi) is 4.29. The van der Waals surface area contributed by atoms with E-state index in [1.54, 1.807) is 18.3 Å². The lowest BCUT2D eigenvalue weighted by atomic mass is 10.2. The topological polar surface area (TPSA) is 88.2 Å². The quantitative estimate of drug-likeness (QED) is 0.891. The number of nitrogens with zero attached hydrogens (tertiary/aromatic N) is 1. The summed E-state index contributed by atoms with van der Waals surface area (Å²) in [6, 6.07) is 12.7. The molecule has 1 saturated heterocycles. The summed E-state index contributed by atoms with van der Waals surface area (Å²) in [5.74, 6) is -0.231. The fraction of sp³-hybridized carbons (Fsp3) is 0.250. The molecule has 2 N–H and O–H groups in total. The Labute approximate surface area is 134 Å². The number of hydrogen-bond acceptors (Lipinski definition) is 5. The molecular formula is C16H17N3O3S. The number of amides is 1. The highest BCUT2D eigenvalue weighted by Crippen LogP contribution is 2.17. The number of carbonyl (C=O) groups is 1. The number of para-hydroxylation sites is 1. The maximum Gasteiger partial charge on any atom is 0.270 e. The molecule has 2 heterocycles. The molecule has 3 rings (SSSR count). The first-order chi connectivity index (χ1) is 11.0. The van der Waals surface area contributed by atoms with Gasteiger partial charge in [0, 0.05) is 23.6 Å². The molecule has 7 heteroatoms. The van der Waals surface area contributed by atoms with Gasteiger partial charge in [0.15, 0.2) is 9.84 Å². The van der Waals surface area contributed by atoms with Crippen molar-refractivity contribution >= 4 is 27.1 Å². The number of nitrogens with one attached hydrogen (secondary N) is 2. The Balaban J connectivity index is 1.68. The van der Waals surface area contributed by atoms with Gasteiger partial charge in [-0.1, -0.05) is 18.2 Å². The fourth-order valence-electron chi connectivity index (χ4n) is 2.49. The predicted octanol–water partition coefficient (Wildman–Crippen LogP) is 1.74. The van der Waals surface area contributed by atoms with Crippen LogP contribution in [-0.4, -0.2) is 36.9 Å². The second-order valence-corrected chi connectivity index (χ2v) is 7.72. The van der Waals surface area contributed by atoms with Crippen LogP contribution in [0.15, 0.2) is 48.7 Å². The summed E-state index contributed by atoms with van der Waals surface area (Å²) in [5.41, 5.74) is 1.91. The van der Waals surface area contributed by atoms with Gasteiger partial charge in [0.05, 0.1) is 11.5 Å². The summed E-state index contributed by atoms with van der Waals surface area (Å²) in [4.78, 5) is 16.3. The molecule has 1 aliphatic heterocycles. The first-order valence-electron chi connectivity index (χ1n) is 7.31. The Bertz CT molecular complexity index is 806. The zero-order chi connectivity index (χ0) is 16.3. The van der Waals surface area contributed by atoms with E-state index in [1.165, 1.54) is 0 Å². The Morgan fingerprint density at radius 2 is 1.91 bits per heavy atom. The standard InChI is InChI=1S/C16H17N3O3S/c20-16(19-14-7-9-23(21,22)11-14)15-10-13(6-8-17-15)18-12-4-2-1-3-5-12/h1-6,8,10,14H,7,9,11H2,(H,17,18)(H,19,20). The van der Waals surface area contributed by atoms with E-state index < -0.39 is 9.84 Å². The maximum absolute atomic E-state index is 12.2. The molecule has 1 unspecified atom stereocenters. The fourth-order valence-corrected chi connectivity index (χ4v) is 4.16. The molecular weight excluding hydrogens is 314 g/mol. The van der Waals surface area contributed by atoms with Crippen molar-refractivity contribution in [2.45, 2.75) is 12.5 Å². The number of aromatic nitrogens is 1. The van der Waals surface area contributed by atoms with Gasteiger partial charge >= 0.3 is 0 Å². The lowest BCUT2D eigenvalue weighted by Crippen LogP contribution is -2.36. The van der Waals surface area contributed by atoms with Crippen molar-refractivity contribution < 1.29 is 13.2 Å². The van der Waals surface area contributed by atoms with E-state index in [0.717, 1.165) is 11.4 Å². The third kappa shape index (κ3) is 4.07. The van der Waals surface area contributed by atoms with Crippen LogP contribution in [0.1, 0.15) is 16.9 Å². The van der Waals surface area contributed by atoms with Crippen molar-refractivity contribution in [1.29, 1.82) is 0 Å². The van der Waals surface area contributed by atoms with E-state index in [9.17, 15) is 13.2 Å². The average Bonchev–Trinajstić information content (AvgIpc) is 2.87. The van der Waals surface area contributed by atoms with Crippen LogP contribution in [-0.2, 0) is 9.84 Å². The van der Waals surface area contributed by atoms with Crippen molar-refractivity contribution in [1.82, 2.24) is 10.3 Å². The van der Waals surface area contributed by atoms with E-state index in [4.69, 9.17) is 0 Å². The van der Waals surface area contributed by atoms with Crippen LogP contribution in [0.5, 0.6) is 0 Å². The third-order valence-corrected chi connectivity index (χ3v) is 5.39. The summed E-state index contributed by atoms with van der Waals surface area (Å²) in [6.45, 7) is 0. The molecule has 0 spiro atoms. The molecule has 23 heavy (non-hydrogen) atoms. The summed E-state index contributed by atoms with van der Waals surface area (Å²) >= 11 is 0. The van der Waals surface area contributed by atoms with Crippen molar-refractivity contribution in [3.8, 4) is 0 Å². The zero-order valence-electron chi connectivity index (χ0n) is 12.4. The van der Waals surface area contributed by atoms with E-state index in [1.807, 2.05) is 30.3 Å². The molecule has 1 aromatic heterocycles. The number of hydrogen-bond donors (Lipinski definition) is 2. The summed E-state index contributed by atoms with van der Waals surface area (Å²) in [7, 11) is -3.02. The molecule has 6 nitrogen and oxygen atoms in total. The molecule has 2 aromatic rings. The monoisotopic (exact) mass is 331 g/mol. The van der Waals surface area contributed by atoms with Crippen LogP contribution in [0, 0.1) is 0 Å². The van der Waals surface area contributed by atoms with Gasteiger partial charge in [-0.05, 0) is 30.7 Å². The van der Waals surface area contributed by atoms with Crippen molar-refractivity contribution in [3.05, 3.63) is 54.4 Å². The minimum absolute atomic E-state index is 0.000691. The van der Waals surface area contributed by atoms with E-state index in [-0.39, 0.29) is 29.1 Å². The molecule has 1 aliphatic rings. The van der Waals surface area contributed by atoms with Gasteiger partial charge in [-0.15, -0.1) is 0 Å². The highest BCUT2D eigenvalue weighted by atomic mass is 32.2. The van der Waals surface area contributed by atoms with Crippen LogP contribution in [0.3, 0.4) is 0 Å². The minimum atomic E-state index is -3.02. The number of anilines is 2. The molecule has 1 atom stereocenters. The summed E-state index contributed by atoms with van der Waals surface area (Å²) in [6.07, 6.45) is 2.00. The van der Waals surface area contributed by atoms with Gasteiger partial charge in [0.1, 0.15) is 5.69 Å². The Morgan fingerprint density at radius 1 is 1.13 bits per heavy atom. The van der Waals surface area contributed by atoms with E-state index in [2.05, 4.69) is 15.6 Å². The van der Waals surface area contributed by atoms with Crippen molar-refractivity contribution in [3.63, 3.8) is 0 Å². The van der Waals surface area contributed by atoms with Gasteiger partial charge in [-0.3, -0.25) is 9.78 Å². The first kappa shape index (κ1) is 15.5. The minimum Gasteiger partial charge on any atom is -0.355 e. The van der Waals surface area contributed by atoms with Crippen LogP contribution in [0.2, 0.25) is 0 Å². The smallest absolute Gasteiger partial charge is 0.270 e. The van der Waals surface area contributed by atoms with Gasteiger partial charge in [0.2, 0.25) is 0 Å². The number of rotatable bonds is 4. The highest BCUT2D eigenvalue weighted by molar-refractivity contribution is 7.91. The van der Waals surface area contributed by atoms with Crippen LogP contribution in [0.4, 0.5) is 11.4 Å². The number of carbonyl (C=O) groups excluding carboxylic acids is 1. The number of pyridine rings is 1. The number of sulfone groups is 1. The molecule has 1 amide bonds. The molecule has 0 aliphatic carbocycles. The Hall–Kier alpha value is -2.41. The SMILES string of the molecule is O=C(NC1CCS(=O)(=O)C1)c1cc(Nc2ccccc2)ccn1. The Morgan fingerprint density at radius 3 is 2.61 bits per heavy atom. The molecule has 1 fully saturated rings. The van der Waals surface area contributed by atoms with Crippen molar-refractivity contribution in [2.24, 2.45) is 0 Å². The predicted molar refractivity (Wildman–Crippen MR) is 88.5 cm³/mol. The van der Waals surface area contributed by atoms with Crippen LogP contribution < -0.4 is 10.6 Å². The average molecular weight is 331 g/mol. The number of benzene rings is 1. The molecule has 0 radical (unpaired) electrons. The summed E-state index contributed by atoms with van der Waals surface area (Å²) in [5, 5.41) is 5.92. The second kappa shape index (κ2) is 6.37. The van der Waals surface area contributed by atoms with Gasteiger partial charge in [0.25, 0.3) is 5.91 Å². The molecule has 1 aromatic carbocycles. The highest BCUT2D eigenvalue weighted by Gasteiger charge is 2.29. The van der Waals surface area contributed by atoms with Gasteiger partial charge in [-0.25, -0.2) is 8.42 Å². The second-order valence-electron chi connectivity index (χ2n) is 5.49. The van der Waals surface area contributed by atoms with E-state index in [0.29, 0.717) is 6.42 Å². The van der Waals surface area contributed by atoms with E-state index >= 15 is 0 Å². The summed E-state index contributed by atoms with van der Waals surface area (Å²) < 4.78 is 22.9. The van der Waals surface area contributed by atoms with Crippen LogP contribution in [0.25, 0.3) is 0 Å². The molecule has 0 saturated carbocycles. The van der Waals surface area contributed by atoms with Gasteiger partial charge < -0.3 is 10.6 Å². The lowest BCUT2D eigenvalue weighted by molar-refractivity contribution is 0.0936. The normalized spacial score (nSPS) is 19.2. The van der Waals surface area contributed by atoms with Gasteiger partial charge in [-0.2, -0.15) is 0 Å². The van der Waals surface area contributed by atoms with Crippen LogP contribution >= 0.6 is 0 Å². The molecule has 0 bridgehead atoms. The first-order valence-corrected chi connectivity index (χ1v) is 9.13. The zero-order valence-corrected chi connectivity index (χ0v) is 13.2. The molecule has 120 valence electrons. The maximum atomic E-state index is 12.2. The van der Waals surface area contributed by atoms with Crippen molar-refractivity contribution in [2.75, 3.05) is 16.8 Å². The lowest BCUT2D eigenvalue weighted by Gasteiger charge is -2.11. The largest absolute Gasteiger partial charge is 0.355 e. The third-order valence-electron chi connectivity index (χ3n) is 3.62.